The van der Waals surface area contributed by atoms with Gasteiger partial charge in [-0.2, -0.15) is 0 Å². The molecular weight excluding hydrogens is 312 g/mol. The van der Waals surface area contributed by atoms with Crippen molar-refractivity contribution in [3.8, 4) is 0 Å². The van der Waals surface area contributed by atoms with Gasteiger partial charge in [-0.25, -0.2) is 0 Å². The van der Waals surface area contributed by atoms with Crippen LogP contribution in [-0.4, -0.2) is 53.4 Å². The molecule has 1 amide bonds. The number of aryl methyl sites for hydroxylation is 2. The molecule has 1 fully saturated rings. The fourth-order valence-corrected chi connectivity index (χ4v) is 3.17. The smallest absolute Gasteiger partial charge is 0.238 e. The molecule has 132 valence electrons. The summed E-state index contributed by atoms with van der Waals surface area (Å²) in [6, 6.07) is 12.1. The molecule has 0 aliphatic carbocycles. The maximum absolute atomic E-state index is 12.3. The number of amides is 1. The Hall–Kier alpha value is -2.24. The van der Waals surface area contributed by atoms with Crippen LogP contribution in [0.2, 0.25) is 0 Å². The molecule has 2 aromatic rings. The number of hydrogen-bond donors (Lipinski definition) is 1. The molecule has 2 heterocycles. The topological polar surface area (TPSA) is 48.5 Å². The van der Waals surface area contributed by atoms with Crippen LogP contribution >= 0.6 is 0 Å². The number of hydrogen-bond acceptors (Lipinski definition) is 4. The highest BCUT2D eigenvalue weighted by Crippen LogP contribution is 2.16. The van der Waals surface area contributed by atoms with E-state index in [4.69, 9.17) is 0 Å². The molecule has 0 unspecified atom stereocenters. The molecule has 0 saturated carbocycles. The van der Waals surface area contributed by atoms with Gasteiger partial charge in [-0.15, -0.1) is 0 Å². The van der Waals surface area contributed by atoms with Crippen molar-refractivity contribution >= 4 is 11.6 Å². The minimum atomic E-state index is 0.0603. The van der Waals surface area contributed by atoms with E-state index in [-0.39, 0.29) is 5.91 Å². The third-order valence-corrected chi connectivity index (χ3v) is 4.60. The molecule has 1 aromatic heterocycles. The summed E-state index contributed by atoms with van der Waals surface area (Å²) in [7, 11) is 0. The van der Waals surface area contributed by atoms with E-state index in [1.807, 2.05) is 37.4 Å². The molecule has 0 radical (unpaired) electrons. The van der Waals surface area contributed by atoms with Crippen LogP contribution in [0.4, 0.5) is 5.69 Å². The van der Waals surface area contributed by atoms with E-state index < -0.39 is 0 Å². The van der Waals surface area contributed by atoms with Gasteiger partial charge in [0.2, 0.25) is 5.91 Å². The summed E-state index contributed by atoms with van der Waals surface area (Å²) >= 11 is 0. The number of carbonyl (C=O) groups is 1. The molecule has 0 bridgehead atoms. The first kappa shape index (κ1) is 17.6. The first-order valence-electron chi connectivity index (χ1n) is 8.82. The lowest BCUT2D eigenvalue weighted by atomic mass is 10.1. The summed E-state index contributed by atoms with van der Waals surface area (Å²) in [5.74, 6) is 0.0603. The SMILES string of the molecule is Cc1ccc(NC(=O)CN2CCN(Cc3ccccn3)CC2)c(C)c1. The summed E-state index contributed by atoms with van der Waals surface area (Å²) in [5.41, 5.74) is 4.32. The van der Waals surface area contributed by atoms with Crippen molar-refractivity contribution in [3.05, 3.63) is 59.4 Å². The summed E-state index contributed by atoms with van der Waals surface area (Å²) < 4.78 is 0. The predicted molar refractivity (Wildman–Crippen MR) is 100 cm³/mol. The number of benzene rings is 1. The van der Waals surface area contributed by atoms with Gasteiger partial charge in [0.1, 0.15) is 0 Å². The van der Waals surface area contributed by atoms with Gasteiger partial charge in [0.15, 0.2) is 0 Å². The first-order chi connectivity index (χ1) is 12.1. The van der Waals surface area contributed by atoms with Gasteiger partial charge in [0, 0.05) is 44.6 Å². The van der Waals surface area contributed by atoms with Crippen molar-refractivity contribution in [2.24, 2.45) is 0 Å². The molecule has 25 heavy (non-hydrogen) atoms. The first-order valence-corrected chi connectivity index (χ1v) is 8.82. The van der Waals surface area contributed by atoms with E-state index in [9.17, 15) is 4.79 Å². The van der Waals surface area contributed by atoms with Gasteiger partial charge in [-0.1, -0.05) is 23.8 Å². The van der Waals surface area contributed by atoms with Crippen LogP contribution in [0.25, 0.3) is 0 Å². The summed E-state index contributed by atoms with van der Waals surface area (Å²) in [6.07, 6.45) is 1.84. The zero-order chi connectivity index (χ0) is 17.6. The number of anilines is 1. The molecule has 1 N–H and O–H groups in total. The summed E-state index contributed by atoms with van der Waals surface area (Å²) in [4.78, 5) is 21.3. The van der Waals surface area contributed by atoms with Crippen molar-refractivity contribution in [3.63, 3.8) is 0 Å². The zero-order valence-corrected chi connectivity index (χ0v) is 15.0. The molecule has 1 aliphatic rings. The fraction of sp³-hybridized carbons (Fsp3) is 0.400. The largest absolute Gasteiger partial charge is 0.325 e. The van der Waals surface area contributed by atoms with E-state index in [2.05, 4.69) is 39.2 Å². The van der Waals surface area contributed by atoms with E-state index in [0.717, 1.165) is 49.7 Å². The van der Waals surface area contributed by atoms with Crippen molar-refractivity contribution in [2.75, 3.05) is 38.0 Å². The monoisotopic (exact) mass is 338 g/mol. The van der Waals surface area contributed by atoms with E-state index >= 15 is 0 Å². The van der Waals surface area contributed by atoms with Crippen LogP contribution in [0.1, 0.15) is 16.8 Å². The van der Waals surface area contributed by atoms with Crippen LogP contribution in [0, 0.1) is 13.8 Å². The van der Waals surface area contributed by atoms with Crippen LogP contribution in [0.5, 0.6) is 0 Å². The Morgan fingerprint density at radius 2 is 1.84 bits per heavy atom. The maximum atomic E-state index is 12.3. The Kier molecular flexibility index (Phi) is 5.79. The third-order valence-electron chi connectivity index (χ3n) is 4.60. The standard InChI is InChI=1S/C20H26N4O/c1-16-6-7-19(17(2)13-16)22-20(25)15-24-11-9-23(10-12-24)14-18-5-3-4-8-21-18/h3-8,13H,9-12,14-15H2,1-2H3,(H,22,25). The lowest BCUT2D eigenvalue weighted by Crippen LogP contribution is -2.48. The third kappa shape index (κ3) is 5.11. The molecular formula is C20H26N4O. The molecule has 5 nitrogen and oxygen atoms in total. The van der Waals surface area contributed by atoms with Crippen LogP contribution in [0.15, 0.2) is 42.6 Å². The Bertz CT molecular complexity index is 709. The molecule has 0 atom stereocenters. The molecule has 1 aromatic carbocycles. The second-order valence-electron chi connectivity index (χ2n) is 6.74. The van der Waals surface area contributed by atoms with E-state index in [0.29, 0.717) is 6.54 Å². The van der Waals surface area contributed by atoms with Crippen molar-refractivity contribution in [2.45, 2.75) is 20.4 Å². The Balaban J connectivity index is 1.44. The zero-order valence-electron chi connectivity index (χ0n) is 15.0. The average molecular weight is 338 g/mol. The number of nitrogens with zero attached hydrogens (tertiary/aromatic N) is 3. The molecule has 0 spiro atoms. The quantitative estimate of drug-likeness (QED) is 0.910. The van der Waals surface area contributed by atoms with Crippen LogP contribution < -0.4 is 5.32 Å². The second-order valence-corrected chi connectivity index (χ2v) is 6.74. The fourth-order valence-electron chi connectivity index (χ4n) is 3.17. The van der Waals surface area contributed by atoms with Crippen molar-refractivity contribution in [1.29, 1.82) is 0 Å². The molecule has 3 rings (SSSR count). The maximum Gasteiger partial charge on any atom is 0.238 e. The minimum Gasteiger partial charge on any atom is -0.325 e. The molecule has 1 saturated heterocycles. The normalized spacial score (nSPS) is 15.9. The van der Waals surface area contributed by atoms with E-state index in [1.165, 1.54) is 5.56 Å². The number of aromatic nitrogens is 1. The second kappa shape index (κ2) is 8.23. The number of piperazine rings is 1. The highest BCUT2D eigenvalue weighted by Gasteiger charge is 2.19. The van der Waals surface area contributed by atoms with Gasteiger partial charge in [-0.3, -0.25) is 19.6 Å². The lowest BCUT2D eigenvalue weighted by Gasteiger charge is -2.34. The molecule has 1 aliphatic heterocycles. The highest BCUT2D eigenvalue weighted by atomic mass is 16.2. The summed E-state index contributed by atoms with van der Waals surface area (Å²) in [5, 5.41) is 3.03. The number of rotatable bonds is 5. The van der Waals surface area contributed by atoms with Gasteiger partial charge >= 0.3 is 0 Å². The Morgan fingerprint density at radius 1 is 1.08 bits per heavy atom. The minimum absolute atomic E-state index is 0.0603. The van der Waals surface area contributed by atoms with Gasteiger partial charge < -0.3 is 5.32 Å². The van der Waals surface area contributed by atoms with Crippen LogP contribution in [0.3, 0.4) is 0 Å². The highest BCUT2D eigenvalue weighted by molar-refractivity contribution is 5.93. The number of nitrogens with one attached hydrogen (secondary N) is 1. The van der Waals surface area contributed by atoms with Gasteiger partial charge in [-0.05, 0) is 37.6 Å². The van der Waals surface area contributed by atoms with Gasteiger partial charge in [0.25, 0.3) is 0 Å². The molecule has 5 heteroatoms. The van der Waals surface area contributed by atoms with Crippen LogP contribution in [-0.2, 0) is 11.3 Å². The van der Waals surface area contributed by atoms with Crippen molar-refractivity contribution in [1.82, 2.24) is 14.8 Å². The predicted octanol–water partition coefficient (Wildman–Crippen LogP) is 2.45. The summed E-state index contributed by atoms with van der Waals surface area (Å²) in [6.45, 7) is 9.16. The van der Waals surface area contributed by atoms with Crippen molar-refractivity contribution < 1.29 is 4.79 Å². The lowest BCUT2D eigenvalue weighted by molar-refractivity contribution is -0.117. The number of carbonyl (C=O) groups excluding carboxylic acids is 1. The Labute approximate surface area is 149 Å². The average Bonchev–Trinajstić information content (AvgIpc) is 2.60. The number of pyridine rings is 1. The Morgan fingerprint density at radius 3 is 2.52 bits per heavy atom. The van der Waals surface area contributed by atoms with E-state index in [1.54, 1.807) is 0 Å². The van der Waals surface area contributed by atoms with Gasteiger partial charge in [0.05, 0.1) is 12.2 Å².